The van der Waals surface area contributed by atoms with E-state index >= 15 is 0 Å². The second-order valence-corrected chi connectivity index (χ2v) is 8.85. The zero-order chi connectivity index (χ0) is 26.8. The molecule has 0 atom stereocenters. The Morgan fingerprint density at radius 3 is 2.24 bits per heavy atom. The number of allylic oxidation sites excluding steroid dienone is 1. The minimum absolute atomic E-state index is 0.357. The summed E-state index contributed by atoms with van der Waals surface area (Å²) in [7, 11) is 0. The molecule has 0 spiro atoms. The van der Waals surface area contributed by atoms with Gasteiger partial charge in [-0.1, -0.05) is 47.6 Å². The van der Waals surface area contributed by atoms with Crippen molar-refractivity contribution in [1.29, 1.82) is 0 Å². The van der Waals surface area contributed by atoms with E-state index < -0.39 is 0 Å². The Balaban J connectivity index is 0.000000907. The first kappa shape index (κ1) is 28.5. The summed E-state index contributed by atoms with van der Waals surface area (Å²) in [5, 5.41) is 0. The van der Waals surface area contributed by atoms with Crippen LogP contribution in [0.5, 0.6) is 0 Å². The number of aromatic nitrogens is 6. The lowest BCUT2D eigenvalue weighted by atomic mass is 10.0. The highest BCUT2D eigenvalue weighted by Crippen LogP contribution is 2.32. The van der Waals surface area contributed by atoms with Gasteiger partial charge in [-0.3, -0.25) is 0 Å². The van der Waals surface area contributed by atoms with E-state index in [1.807, 2.05) is 53.3 Å². The van der Waals surface area contributed by atoms with E-state index in [9.17, 15) is 0 Å². The van der Waals surface area contributed by atoms with Gasteiger partial charge in [-0.05, 0) is 26.2 Å². The smallest absolute Gasteiger partial charge is 0.228 e. The molecule has 5 heterocycles. The quantitative estimate of drug-likeness (QED) is 0.436. The number of ether oxygens (including phenoxy) is 1. The van der Waals surface area contributed by atoms with Gasteiger partial charge in [-0.25, -0.2) is 19.9 Å². The molecule has 0 saturated carbocycles. The third-order valence-corrected chi connectivity index (χ3v) is 6.60. The number of fused-ring (bicyclic) bond motifs is 1. The summed E-state index contributed by atoms with van der Waals surface area (Å²) in [6.45, 7) is 21.3. The van der Waals surface area contributed by atoms with E-state index in [1.54, 1.807) is 0 Å². The fourth-order valence-electron chi connectivity index (χ4n) is 4.70. The highest BCUT2D eigenvalue weighted by atomic mass is 16.5. The number of hydrogen-bond donors (Lipinski definition) is 0. The van der Waals surface area contributed by atoms with E-state index in [0.29, 0.717) is 19.3 Å². The maximum Gasteiger partial charge on any atom is 0.228 e. The topological polar surface area (TPSA) is 85.1 Å². The summed E-state index contributed by atoms with van der Waals surface area (Å²) < 4.78 is 7.79. The Morgan fingerprint density at radius 1 is 0.973 bits per heavy atom. The fraction of sp³-hybridized carbons (Fsp3) is 0.607. The van der Waals surface area contributed by atoms with E-state index in [0.717, 1.165) is 86.1 Å². The lowest BCUT2D eigenvalue weighted by molar-refractivity contribution is 0.122. The SMILES string of the molecule is C=C(CCC)N1CCC(n2cnc3c(-c4cnc(C)nc4)nc(N4CCOCC4)nc32)CC1.CC.CC. The summed E-state index contributed by atoms with van der Waals surface area (Å²) in [5.74, 6) is 1.45. The molecule has 3 aromatic heterocycles. The molecule has 5 rings (SSSR count). The van der Waals surface area contributed by atoms with Crippen molar-refractivity contribution in [3.63, 3.8) is 0 Å². The van der Waals surface area contributed by atoms with Crippen molar-refractivity contribution < 1.29 is 4.74 Å². The Morgan fingerprint density at radius 2 is 1.62 bits per heavy atom. The van der Waals surface area contributed by atoms with Crippen molar-refractivity contribution in [3.05, 3.63) is 36.8 Å². The van der Waals surface area contributed by atoms with Gasteiger partial charge in [-0.15, -0.1) is 0 Å². The number of likely N-dealkylation sites (tertiary alicyclic amines) is 1. The van der Waals surface area contributed by atoms with Crippen LogP contribution in [-0.4, -0.2) is 73.8 Å². The van der Waals surface area contributed by atoms with Gasteiger partial charge in [0.25, 0.3) is 0 Å². The average Bonchev–Trinajstić information content (AvgIpc) is 3.40. The van der Waals surface area contributed by atoms with Crippen molar-refractivity contribution in [2.45, 2.75) is 73.3 Å². The summed E-state index contributed by atoms with van der Waals surface area (Å²) in [5.41, 5.74) is 4.59. The van der Waals surface area contributed by atoms with Gasteiger partial charge in [0.05, 0.1) is 19.5 Å². The molecule has 202 valence electrons. The van der Waals surface area contributed by atoms with Gasteiger partial charge in [0, 0.05) is 55.9 Å². The van der Waals surface area contributed by atoms with Crippen LogP contribution >= 0.6 is 0 Å². The first-order chi connectivity index (χ1) is 18.1. The molecule has 3 aromatic rings. The molecule has 9 heteroatoms. The van der Waals surface area contributed by atoms with Crippen LogP contribution in [0.15, 0.2) is 31.0 Å². The molecule has 0 radical (unpaired) electrons. The Kier molecular flexibility index (Phi) is 10.8. The number of rotatable bonds is 6. The first-order valence-corrected chi connectivity index (χ1v) is 13.9. The average molecular weight is 509 g/mol. The highest BCUT2D eigenvalue weighted by Gasteiger charge is 2.26. The summed E-state index contributed by atoms with van der Waals surface area (Å²) in [6.07, 6.45) is 9.88. The molecule has 0 bridgehead atoms. The summed E-state index contributed by atoms with van der Waals surface area (Å²) in [4.78, 5) is 28.1. The van der Waals surface area contributed by atoms with Crippen LogP contribution in [0, 0.1) is 6.92 Å². The van der Waals surface area contributed by atoms with Gasteiger partial charge in [-0.2, -0.15) is 4.98 Å². The predicted molar refractivity (Wildman–Crippen MR) is 151 cm³/mol. The zero-order valence-electron chi connectivity index (χ0n) is 23.6. The summed E-state index contributed by atoms with van der Waals surface area (Å²) >= 11 is 0. The van der Waals surface area contributed by atoms with E-state index in [4.69, 9.17) is 19.7 Å². The minimum Gasteiger partial charge on any atom is -0.378 e. The standard InChI is InChI=1S/C24H32N8O.2C2H6/c1-4-5-17(2)30-8-6-20(7-9-30)32-16-27-22-21(19-14-25-18(3)26-15-19)28-24(29-23(22)32)31-10-12-33-13-11-31;2*1-2/h14-16,20H,2,4-13H2,1,3H3;2*1-2H3. The molecule has 2 saturated heterocycles. The van der Waals surface area contributed by atoms with Crippen molar-refractivity contribution in [2.75, 3.05) is 44.3 Å². The van der Waals surface area contributed by atoms with Crippen molar-refractivity contribution in [2.24, 2.45) is 0 Å². The van der Waals surface area contributed by atoms with Gasteiger partial charge < -0.3 is 19.1 Å². The monoisotopic (exact) mass is 508 g/mol. The lowest BCUT2D eigenvalue weighted by Gasteiger charge is -2.35. The molecule has 0 aromatic carbocycles. The molecule has 2 fully saturated rings. The van der Waals surface area contributed by atoms with E-state index in [-0.39, 0.29) is 0 Å². The molecule has 9 nitrogen and oxygen atoms in total. The molecular formula is C28H44N8O. The Labute approximate surface area is 222 Å². The van der Waals surface area contributed by atoms with Gasteiger partial charge in [0.15, 0.2) is 5.65 Å². The Bertz CT molecular complexity index is 1110. The van der Waals surface area contributed by atoms with Crippen molar-refractivity contribution in [1.82, 2.24) is 34.4 Å². The van der Waals surface area contributed by atoms with Crippen LogP contribution in [-0.2, 0) is 4.74 Å². The molecule has 2 aliphatic rings. The molecule has 0 aliphatic carbocycles. The number of morpholine rings is 1. The van der Waals surface area contributed by atoms with Gasteiger partial charge >= 0.3 is 0 Å². The van der Waals surface area contributed by atoms with Crippen molar-refractivity contribution in [3.8, 4) is 11.3 Å². The number of nitrogens with zero attached hydrogens (tertiary/aromatic N) is 8. The molecule has 0 N–H and O–H groups in total. The number of aryl methyl sites for hydroxylation is 1. The number of hydrogen-bond acceptors (Lipinski definition) is 8. The number of anilines is 1. The van der Waals surface area contributed by atoms with Crippen LogP contribution < -0.4 is 4.90 Å². The van der Waals surface area contributed by atoms with Crippen LogP contribution in [0.25, 0.3) is 22.4 Å². The number of imidazole rings is 1. The molecular weight excluding hydrogens is 464 g/mol. The predicted octanol–water partition coefficient (Wildman–Crippen LogP) is 5.43. The lowest BCUT2D eigenvalue weighted by Crippen LogP contribution is -2.37. The maximum absolute atomic E-state index is 5.54. The van der Waals surface area contributed by atoms with Crippen LogP contribution in [0.1, 0.15) is 72.2 Å². The number of piperidine rings is 1. The molecule has 0 unspecified atom stereocenters. The third kappa shape index (κ3) is 6.63. The molecule has 0 amide bonds. The van der Waals surface area contributed by atoms with E-state index in [2.05, 4.69) is 37.8 Å². The largest absolute Gasteiger partial charge is 0.378 e. The molecule has 2 aliphatic heterocycles. The normalized spacial score (nSPS) is 16.1. The highest BCUT2D eigenvalue weighted by molar-refractivity contribution is 5.88. The van der Waals surface area contributed by atoms with Crippen LogP contribution in [0.2, 0.25) is 0 Å². The van der Waals surface area contributed by atoms with Crippen molar-refractivity contribution >= 4 is 17.1 Å². The zero-order valence-corrected chi connectivity index (χ0v) is 23.6. The first-order valence-electron chi connectivity index (χ1n) is 13.9. The second kappa shape index (κ2) is 14.0. The van der Waals surface area contributed by atoms with Crippen LogP contribution in [0.4, 0.5) is 5.95 Å². The summed E-state index contributed by atoms with van der Waals surface area (Å²) in [6, 6.07) is 0.357. The van der Waals surface area contributed by atoms with Crippen LogP contribution in [0.3, 0.4) is 0 Å². The van der Waals surface area contributed by atoms with E-state index in [1.165, 1.54) is 5.70 Å². The van der Waals surface area contributed by atoms with Gasteiger partial charge in [0.2, 0.25) is 5.95 Å². The third-order valence-electron chi connectivity index (χ3n) is 6.60. The maximum atomic E-state index is 5.54. The second-order valence-electron chi connectivity index (χ2n) is 8.85. The molecule has 37 heavy (non-hydrogen) atoms. The minimum atomic E-state index is 0.357. The Hall–Kier alpha value is -3.07. The fourth-order valence-corrected chi connectivity index (χ4v) is 4.70. The van der Waals surface area contributed by atoms with Gasteiger partial charge in [0.1, 0.15) is 17.0 Å².